The van der Waals surface area contributed by atoms with Gasteiger partial charge in [-0.05, 0) is 26.7 Å². The molecule has 0 aliphatic rings. The zero-order chi connectivity index (χ0) is 10.5. The molecule has 2 heteroatoms. The standard InChI is InChI=1S/C11H22O2/c1-6-9(7-2)8-13-10(12)11(3,4)5/h9H,6-8H2,1-5H3. The molecule has 0 aliphatic carbocycles. The highest BCUT2D eigenvalue weighted by molar-refractivity contribution is 5.75. The van der Waals surface area contributed by atoms with E-state index < -0.39 is 0 Å². The largest absolute Gasteiger partial charge is 0.465 e. The van der Waals surface area contributed by atoms with Crippen molar-refractivity contribution in [1.82, 2.24) is 0 Å². The number of esters is 1. The molecule has 0 aliphatic heterocycles. The van der Waals surface area contributed by atoms with E-state index in [4.69, 9.17) is 4.74 Å². The topological polar surface area (TPSA) is 26.3 Å². The predicted molar refractivity (Wildman–Crippen MR) is 54.5 cm³/mol. The first kappa shape index (κ1) is 12.5. The van der Waals surface area contributed by atoms with Crippen molar-refractivity contribution < 1.29 is 9.53 Å². The Kier molecular flexibility index (Phi) is 5.04. The molecule has 0 aromatic heterocycles. The van der Waals surface area contributed by atoms with E-state index in [9.17, 15) is 4.79 Å². The van der Waals surface area contributed by atoms with Crippen molar-refractivity contribution in [1.29, 1.82) is 0 Å². The monoisotopic (exact) mass is 186 g/mol. The van der Waals surface area contributed by atoms with Crippen LogP contribution in [0.5, 0.6) is 0 Å². The highest BCUT2D eigenvalue weighted by Gasteiger charge is 2.23. The van der Waals surface area contributed by atoms with Gasteiger partial charge in [-0.25, -0.2) is 0 Å². The number of hydrogen-bond donors (Lipinski definition) is 0. The fraction of sp³-hybridized carbons (Fsp3) is 0.909. The number of ether oxygens (including phenoxy) is 1. The Morgan fingerprint density at radius 3 is 2.00 bits per heavy atom. The highest BCUT2D eigenvalue weighted by Crippen LogP contribution is 2.17. The number of carbonyl (C=O) groups is 1. The number of carbonyl (C=O) groups excluding carboxylic acids is 1. The maximum Gasteiger partial charge on any atom is 0.311 e. The van der Waals surface area contributed by atoms with Crippen molar-refractivity contribution in [3.63, 3.8) is 0 Å². The van der Waals surface area contributed by atoms with Gasteiger partial charge in [0.25, 0.3) is 0 Å². The SMILES string of the molecule is CCC(CC)COC(=O)C(C)(C)C. The van der Waals surface area contributed by atoms with Crippen LogP contribution in [0.2, 0.25) is 0 Å². The molecule has 0 aromatic carbocycles. The van der Waals surface area contributed by atoms with Crippen molar-refractivity contribution in [2.75, 3.05) is 6.61 Å². The van der Waals surface area contributed by atoms with Crippen LogP contribution in [0.4, 0.5) is 0 Å². The molecule has 0 heterocycles. The maximum atomic E-state index is 11.4. The lowest BCUT2D eigenvalue weighted by molar-refractivity contribution is -0.154. The normalized spacial score (nSPS) is 11.8. The summed E-state index contributed by atoms with van der Waals surface area (Å²) >= 11 is 0. The van der Waals surface area contributed by atoms with E-state index in [2.05, 4.69) is 13.8 Å². The third-order valence-electron chi connectivity index (χ3n) is 2.22. The van der Waals surface area contributed by atoms with Gasteiger partial charge in [0, 0.05) is 0 Å². The van der Waals surface area contributed by atoms with Gasteiger partial charge in [-0.1, -0.05) is 26.7 Å². The lowest BCUT2D eigenvalue weighted by Crippen LogP contribution is -2.25. The van der Waals surface area contributed by atoms with Crippen molar-refractivity contribution in [3.8, 4) is 0 Å². The second kappa shape index (κ2) is 5.25. The van der Waals surface area contributed by atoms with Crippen molar-refractivity contribution in [2.45, 2.75) is 47.5 Å². The van der Waals surface area contributed by atoms with Gasteiger partial charge in [-0.15, -0.1) is 0 Å². The molecule has 0 rings (SSSR count). The third kappa shape index (κ3) is 4.91. The second-order valence-electron chi connectivity index (χ2n) is 4.53. The molecule has 2 nitrogen and oxygen atoms in total. The molecule has 0 N–H and O–H groups in total. The summed E-state index contributed by atoms with van der Waals surface area (Å²) in [6, 6.07) is 0. The maximum absolute atomic E-state index is 11.4. The van der Waals surface area contributed by atoms with E-state index in [1.54, 1.807) is 0 Å². The number of hydrogen-bond acceptors (Lipinski definition) is 2. The lowest BCUT2D eigenvalue weighted by Gasteiger charge is -2.19. The van der Waals surface area contributed by atoms with Gasteiger partial charge in [-0.2, -0.15) is 0 Å². The van der Waals surface area contributed by atoms with Crippen LogP contribution in [0, 0.1) is 11.3 Å². The second-order valence-corrected chi connectivity index (χ2v) is 4.53. The first-order valence-corrected chi connectivity index (χ1v) is 5.09. The van der Waals surface area contributed by atoms with Crippen LogP contribution in [-0.4, -0.2) is 12.6 Å². The smallest absolute Gasteiger partial charge is 0.311 e. The summed E-state index contributed by atoms with van der Waals surface area (Å²) < 4.78 is 5.21. The molecule has 0 spiro atoms. The Bertz CT molecular complexity index is 152. The van der Waals surface area contributed by atoms with E-state index in [0.29, 0.717) is 12.5 Å². The molecule has 0 amide bonds. The van der Waals surface area contributed by atoms with Gasteiger partial charge in [0.1, 0.15) is 0 Å². The van der Waals surface area contributed by atoms with E-state index >= 15 is 0 Å². The number of rotatable bonds is 4. The van der Waals surface area contributed by atoms with Crippen molar-refractivity contribution in [3.05, 3.63) is 0 Å². The molecular formula is C11H22O2. The van der Waals surface area contributed by atoms with Crippen LogP contribution in [0.3, 0.4) is 0 Å². The van der Waals surface area contributed by atoms with E-state index in [-0.39, 0.29) is 11.4 Å². The molecule has 0 aromatic rings. The quantitative estimate of drug-likeness (QED) is 0.631. The van der Waals surface area contributed by atoms with Gasteiger partial charge in [0.2, 0.25) is 0 Å². The van der Waals surface area contributed by atoms with Gasteiger partial charge in [0.15, 0.2) is 0 Å². The molecule has 0 atom stereocenters. The highest BCUT2D eigenvalue weighted by atomic mass is 16.5. The summed E-state index contributed by atoms with van der Waals surface area (Å²) in [6.45, 7) is 10.5. The average Bonchev–Trinajstić information content (AvgIpc) is 2.04. The van der Waals surface area contributed by atoms with Crippen LogP contribution in [0.15, 0.2) is 0 Å². The average molecular weight is 186 g/mol. The Balaban J connectivity index is 3.82. The van der Waals surface area contributed by atoms with Gasteiger partial charge in [0.05, 0.1) is 12.0 Å². The fourth-order valence-electron chi connectivity index (χ4n) is 0.934. The van der Waals surface area contributed by atoms with Crippen LogP contribution in [-0.2, 0) is 9.53 Å². The van der Waals surface area contributed by atoms with Crippen LogP contribution < -0.4 is 0 Å². The molecule has 78 valence electrons. The van der Waals surface area contributed by atoms with Gasteiger partial charge >= 0.3 is 5.97 Å². The Labute approximate surface area is 81.7 Å². The Morgan fingerprint density at radius 2 is 1.69 bits per heavy atom. The summed E-state index contributed by atoms with van der Waals surface area (Å²) in [7, 11) is 0. The lowest BCUT2D eigenvalue weighted by atomic mass is 9.97. The zero-order valence-corrected chi connectivity index (χ0v) is 9.52. The molecule has 0 radical (unpaired) electrons. The van der Waals surface area contributed by atoms with Crippen LogP contribution in [0.25, 0.3) is 0 Å². The van der Waals surface area contributed by atoms with Crippen molar-refractivity contribution in [2.24, 2.45) is 11.3 Å². The summed E-state index contributed by atoms with van der Waals surface area (Å²) in [5, 5.41) is 0. The fourth-order valence-corrected chi connectivity index (χ4v) is 0.934. The van der Waals surface area contributed by atoms with E-state index in [1.807, 2.05) is 20.8 Å². The summed E-state index contributed by atoms with van der Waals surface area (Å²) in [4.78, 5) is 11.4. The molecule has 0 saturated carbocycles. The predicted octanol–water partition coefficient (Wildman–Crippen LogP) is 3.01. The first-order valence-electron chi connectivity index (χ1n) is 5.09. The molecular weight excluding hydrogens is 164 g/mol. The summed E-state index contributed by atoms with van der Waals surface area (Å²) in [6.07, 6.45) is 2.15. The Morgan fingerprint density at radius 1 is 1.23 bits per heavy atom. The minimum atomic E-state index is -0.369. The zero-order valence-electron chi connectivity index (χ0n) is 9.52. The minimum absolute atomic E-state index is 0.0978. The minimum Gasteiger partial charge on any atom is -0.465 e. The molecule has 0 unspecified atom stereocenters. The van der Waals surface area contributed by atoms with Gasteiger partial charge in [-0.3, -0.25) is 4.79 Å². The molecule has 0 fully saturated rings. The van der Waals surface area contributed by atoms with E-state index in [1.165, 1.54) is 0 Å². The van der Waals surface area contributed by atoms with Crippen LogP contribution >= 0.6 is 0 Å². The first-order chi connectivity index (χ1) is 5.91. The van der Waals surface area contributed by atoms with Gasteiger partial charge < -0.3 is 4.74 Å². The summed E-state index contributed by atoms with van der Waals surface area (Å²) in [5.41, 5.74) is -0.369. The third-order valence-corrected chi connectivity index (χ3v) is 2.22. The van der Waals surface area contributed by atoms with E-state index in [0.717, 1.165) is 12.8 Å². The molecule has 0 bridgehead atoms. The molecule has 13 heavy (non-hydrogen) atoms. The molecule has 0 saturated heterocycles. The van der Waals surface area contributed by atoms with Crippen molar-refractivity contribution >= 4 is 5.97 Å². The Hall–Kier alpha value is -0.530. The van der Waals surface area contributed by atoms with Crippen LogP contribution in [0.1, 0.15) is 47.5 Å². The summed E-state index contributed by atoms with van der Waals surface area (Å²) in [5.74, 6) is 0.422.